The average molecular weight is 358 g/mol. The van der Waals surface area contributed by atoms with E-state index in [1.54, 1.807) is 0 Å². The molecule has 0 saturated carbocycles. The molecule has 2 rings (SSSR count). The zero-order chi connectivity index (χ0) is 11.2. The molecule has 0 bridgehead atoms. The van der Waals surface area contributed by atoms with E-state index in [-0.39, 0.29) is 49.2 Å². The van der Waals surface area contributed by atoms with Crippen LogP contribution in [-0.2, 0) is 16.5 Å². The van der Waals surface area contributed by atoms with E-state index in [2.05, 4.69) is 67.6 Å². The Morgan fingerprint density at radius 2 is 1.11 bits per heavy atom. The maximum absolute atomic E-state index is 2.27. The van der Waals surface area contributed by atoms with Crippen molar-refractivity contribution in [2.24, 2.45) is 0 Å². The first-order valence-electron chi connectivity index (χ1n) is 5.79. The Hall–Kier alpha value is -0.0565. The molecular formula is C15H17Cl2NiP. The second-order valence-corrected chi connectivity index (χ2v) is 6.16. The van der Waals surface area contributed by atoms with Crippen LogP contribution in [0.25, 0.3) is 0 Å². The smallest absolute Gasteiger partial charge is 1.00 e. The number of halogens is 2. The Morgan fingerprint density at radius 3 is 1.42 bits per heavy atom. The van der Waals surface area contributed by atoms with Gasteiger partial charge in [-0.25, -0.2) is 0 Å². The number of benzene rings is 2. The Labute approximate surface area is 139 Å². The van der Waals surface area contributed by atoms with E-state index in [0.717, 1.165) is 0 Å². The molecule has 4 heteroatoms. The van der Waals surface area contributed by atoms with Crippen molar-refractivity contribution in [3.05, 3.63) is 60.7 Å². The number of hydrogen-bond acceptors (Lipinski definition) is 0. The minimum absolute atomic E-state index is 0. The average Bonchev–Trinajstić information content (AvgIpc) is 2.38. The summed E-state index contributed by atoms with van der Waals surface area (Å²) in [5, 5.41) is 2.98. The summed E-state index contributed by atoms with van der Waals surface area (Å²) in [6.45, 7) is 2.27. The molecule has 0 amide bonds. The van der Waals surface area contributed by atoms with E-state index in [1.807, 2.05) is 0 Å². The third-order valence-corrected chi connectivity index (χ3v) is 5.32. The van der Waals surface area contributed by atoms with Gasteiger partial charge in [-0.2, -0.15) is 0 Å². The predicted molar refractivity (Wildman–Crippen MR) is 74.2 cm³/mol. The first-order chi connectivity index (χ1) is 7.92. The Kier molecular flexibility index (Phi) is 13.1. The molecule has 106 valence electrons. The van der Waals surface area contributed by atoms with Crippen molar-refractivity contribution >= 4 is 18.5 Å². The van der Waals surface area contributed by atoms with Crippen molar-refractivity contribution in [2.75, 3.05) is 6.16 Å². The molecule has 19 heavy (non-hydrogen) atoms. The summed E-state index contributed by atoms with van der Waals surface area (Å²) in [5.74, 6) is 0. The zero-order valence-electron chi connectivity index (χ0n) is 10.7. The largest absolute Gasteiger partial charge is 2.00 e. The molecule has 0 aliphatic rings. The fourth-order valence-corrected chi connectivity index (χ4v) is 4.17. The van der Waals surface area contributed by atoms with Crippen LogP contribution >= 0.6 is 7.92 Å². The molecule has 0 aliphatic carbocycles. The minimum Gasteiger partial charge on any atom is -1.00 e. The van der Waals surface area contributed by atoms with Crippen LogP contribution in [0.15, 0.2) is 60.7 Å². The van der Waals surface area contributed by atoms with Gasteiger partial charge in [0.15, 0.2) is 0 Å². The molecule has 0 nitrogen and oxygen atoms in total. The molecule has 0 aromatic heterocycles. The molecule has 2 aromatic rings. The third-order valence-electron chi connectivity index (χ3n) is 2.58. The summed E-state index contributed by atoms with van der Waals surface area (Å²) in [7, 11) is -0.151. The van der Waals surface area contributed by atoms with Crippen LogP contribution in [0.1, 0.15) is 13.3 Å². The summed E-state index contributed by atoms with van der Waals surface area (Å²) in [4.78, 5) is 0. The molecule has 0 heterocycles. The van der Waals surface area contributed by atoms with Gasteiger partial charge in [0.25, 0.3) is 0 Å². The predicted octanol–water partition coefficient (Wildman–Crippen LogP) is -2.47. The monoisotopic (exact) mass is 356 g/mol. The van der Waals surface area contributed by atoms with Crippen LogP contribution in [0, 0.1) is 0 Å². The molecule has 0 saturated heterocycles. The van der Waals surface area contributed by atoms with E-state index in [4.69, 9.17) is 0 Å². The van der Waals surface area contributed by atoms with Gasteiger partial charge in [0.2, 0.25) is 0 Å². The quantitative estimate of drug-likeness (QED) is 0.420. The summed E-state index contributed by atoms with van der Waals surface area (Å²) in [6.07, 6.45) is 2.53. The van der Waals surface area contributed by atoms with Crippen LogP contribution in [-0.4, -0.2) is 6.16 Å². The van der Waals surface area contributed by atoms with Gasteiger partial charge >= 0.3 is 16.5 Å². The molecule has 0 N–H and O–H groups in total. The Bertz CT molecular complexity index is 383. The van der Waals surface area contributed by atoms with Crippen molar-refractivity contribution in [3.8, 4) is 0 Å². The SMILES string of the molecule is CCCP(c1ccccc1)c1ccccc1.[Cl-].[Cl-].[Ni+2]. The van der Waals surface area contributed by atoms with Crippen molar-refractivity contribution in [2.45, 2.75) is 13.3 Å². The summed E-state index contributed by atoms with van der Waals surface area (Å²) < 4.78 is 0. The van der Waals surface area contributed by atoms with Crippen LogP contribution in [0.3, 0.4) is 0 Å². The fraction of sp³-hybridized carbons (Fsp3) is 0.200. The first-order valence-corrected chi connectivity index (χ1v) is 7.32. The fourth-order valence-electron chi connectivity index (χ4n) is 1.85. The van der Waals surface area contributed by atoms with E-state index < -0.39 is 0 Å². The molecule has 0 atom stereocenters. The minimum atomic E-state index is -0.151. The Morgan fingerprint density at radius 1 is 0.737 bits per heavy atom. The summed E-state index contributed by atoms with van der Waals surface area (Å²) >= 11 is 0. The molecule has 0 unspecified atom stereocenters. The van der Waals surface area contributed by atoms with E-state index in [1.165, 1.54) is 23.2 Å². The van der Waals surface area contributed by atoms with Gasteiger partial charge < -0.3 is 24.8 Å². The first kappa shape index (κ1) is 21.2. The van der Waals surface area contributed by atoms with E-state index >= 15 is 0 Å². The molecule has 0 radical (unpaired) electrons. The maximum atomic E-state index is 2.27. The number of hydrogen-bond donors (Lipinski definition) is 0. The van der Waals surface area contributed by atoms with Gasteiger partial charge in [0, 0.05) is 0 Å². The third kappa shape index (κ3) is 6.28. The van der Waals surface area contributed by atoms with Crippen LogP contribution in [0.2, 0.25) is 0 Å². The van der Waals surface area contributed by atoms with Gasteiger partial charge in [0.05, 0.1) is 0 Å². The van der Waals surface area contributed by atoms with Crippen molar-refractivity contribution < 1.29 is 41.3 Å². The molecule has 0 fully saturated rings. The Balaban J connectivity index is 0. The molecule has 2 aromatic carbocycles. The zero-order valence-corrected chi connectivity index (χ0v) is 14.1. The normalized spacial score (nSPS) is 8.95. The van der Waals surface area contributed by atoms with Gasteiger partial charge in [-0.15, -0.1) is 0 Å². The number of rotatable bonds is 4. The van der Waals surface area contributed by atoms with Crippen molar-refractivity contribution in [1.29, 1.82) is 0 Å². The topological polar surface area (TPSA) is 0 Å². The summed E-state index contributed by atoms with van der Waals surface area (Å²) in [6, 6.07) is 21.8. The summed E-state index contributed by atoms with van der Waals surface area (Å²) in [5.41, 5.74) is 0. The second kappa shape index (κ2) is 11.7. The molecule has 0 aliphatic heterocycles. The van der Waals surface area contributed by atoms with Gasteiger partial charge in [-0.3, -0.25) is 0 Å². The van der Waals surface area contributed by atoms with E-state index in [0.29, 0.717) is 0 Å². The van der Waals surface area contributed by atoms with Crippen LogP contribution in [0.5, 0.6) is 0 Å². The van der Waals surface area contributed by atoms with Gasteiger partial charge in [-0.1, -0.05) is 74.0 Å². The molecular weight excluding hydrogens is 341 g/mol. The van der Waals surface area contributed by atoms with E-state index in [9.17, 15) is 0 Å². The van der Waals surface area contributed by atoms with Crippen molar-refractivity contribution in [1.82, 2.24) is 0 Å². The standard InChI is InChI=1S/C15H17P.2ClH.Ni/c1-2-13-16(14-9-5-3-6-10-14)15-11-7-4-8-12-15;;;/h3-12H,2,13H2,1H3;2*1H;/q;;;+2/p-2. The van der Waals surface area contributed by atoms with Gasteiger partial charge in [-0.05, 0) is 24.7 Å². The maximum Gasteiger partial charge on any atom is 2.00 e. The second-order valence-electron chi connectivity index (χ2n) is 3.82. The molecule has 0 spiro atoms. The van der Waals surface area contributed by atoms with Gasteiger partial charge in [0.1, 0.15) is 0 Å². The van der Waals surface area contributed by atoms with Crippen LogP contribution in [0.4, 0.5) is 0 Å². The van der Waals surface area contributed by atoms with Crippen LogP contribution < -0.4 is 35.4 Å². The van der Waals surface area contributed by atoms with Crippen molar-refractivity contribution in [3.63, 3.8) is 0 Å².